The van der Waals surface area contributed by atoms with Gasteiger partial charge >= 0.3 is 0 Å². The van der Waals surface area contributed by atoms with E-state index in [0.717, 1.165) is 43.6 Å². The number of carbonyl (C=O) groups excluding carboxylic acids is 1. The number of anilines is 1. The second kappa shape index (κ2) is 9.02. The molecule has 3 aromatic rings. The summed E-state index contributed by atoms with van der Waals surface area (Å²) in [7, 11) is 0. The number of hydrogen-bond donors (Lipinski definition) is 1. The normalized spacial score (nSPS) is 17.8. The fraction of sp³-hybridized carbons (Fsp3) is 0.400. The van der Waals surface area contributed by atoms with Crippen molar-refractivity contribution in [3.63, 3.8) is 0 Å². The smallest absolute Gasteiger partial charge is 0.235 e. The van der Waals surface area contributed by atoms with Crippen LogP contribution >= 0.6 is 0 Å². The largest absolute Gasteiger partial charge is 0.381 e. The summed E-state index contributed by atoms with van der Waals surface area (Å²) in [4.78, 5) is 13.5. The molecule has 6 nitrogen and oxygen atoms in total. The highest BCUT2D eigenvalue weighted by Gasteiger charge is 2.41. The number of amides is 1. The molecule has 2 aliphatic heterocycles. The minimum Gasteiger partial charge on any atom is -0.381 e. The van der Waals surface area contributed by atoms with Crippen molar-refractivity contribution in [1.29, 1.82) is 0 Å². The monoisotopic (exact) mass is 452 g/mol. The molecule has 33 heavy (non-hydrogen) atoms. The maximum atomic E-state index is 14.8. The number of halogens is 2. The molecule has 5 rings (SSSR count). The fourth-order valence-electron chi connectivity index (χ4n) is 4.85. The molecule has 0 radical (unpaired) electrons. The number of nitrogens with zero attached hydrogens (tertiary/aromatic N) is 3. The van der Waals surface area contributed by atoms with Crippen molar-refractivity contribution in [2.45, 2.75) is 50.5 Å². The average molecular weight is 453 g/mol. The van der Waals surface area contributed by atoms with Gasteiger partial charge in [0.25, 0.3) is 0 Å². The predicted octanol–water partition coefficient (Wildman–Crippen LogP) is 4.64. The zero-order valence-corrected chi connectivity index (χ0v) is 18.3. The lowest BCUT2D eigenvalue weighted by atomic mass is 9.73. The number of fused-ring (bicyclic) bond motifs is 1. The number of ether oxygens (including phenoxy) is 1. The summed E-state index contributed by atoms with van der Waals surface area (Å²) in [6.45, 7) is 1.62. The van der Waals surface area contributed by atoms with Crippen molar-refractivity contribution in [2.24, 2.45) is 0 Å². The van der Waals surface area contributed by atoms with Crippen molar-refractivity contribution in [3.05, 3.63) is 65.5 Å². The van der Waals surface area contributed by atoms with Gasteiger partial charge in [-0.2, -0.15) is 0 Å². The van der Waals surface area contributed by atoms with Crippen LogP contribution in [0.4, 0.5) is 14.5 Å². The van der Waals surface area contributed by atoms with Gasteiger partial charge in [0.2, 0.25) is 5.91 Å². The third-order valence-electron chi connectivity index (χ3n) is 6.75. The van der Waals surface area contributed by atoms with Crippen LogP contribution in [0, 0.1) is 11.6 Å². The Morgan fingerprint density at radius 2 is 1.79 bits per heavy atom. The van der Waals surface area contributed by atoms with E-state index in [1.165, 1.54) is 18.2 Å². The Bertz CT molecular complexity index is 1150. The van der Waals surface area contributed by atoms with E-state index >= 15 is 0 Å². The van der Waals surface area contributed by atoms with E-state index in [-0.39, 0.29) is 11.7 Å². The van der Waals surface area contributed by atoms with Crippen molar-refractivity contribution in [2.75, 3.05) is 18.5 Å². The predicted molar refractivity (Wildman–Crippen MR) is 120 cm³/mol. The summed E-state index contributed by atoms with van der Waals surface area (Å²) in [6, 6.07) is 10.6. The second-order valence-corrected chi connectivity index (χ2v) is 8.75. The van der Waals surface area contributed by atoms with Gasteiger partial charge in [-0.3, -0.25) is 4.79 Å². The van der Waals surface area contributed by atoms with E-state index in [2.05, 4.69) is 15.5 Å². The summed E-state index contributed by atoms with van der Waals surface area (Å²) in [5.74, 6) is 0.382. The summed E-state index contributed by atoms with van der Waals surface area (Å²) in [6.07, 6.45) is 4.94. The Balaban J connectivity index is 1.46. The molecule has 1 fully saturated rings. The third-order valence-corrected chi connectivity index (χ3v) is 6.75. The molecule has 1 amide bonds. The number of hydrogen-bond acceptors (Lipinski definition) is 4. The number of rotatable bonds is 4. The molecule has 2 aromatic carbocycles. The molecule has 2 aliphatic rings. The Hall–Kier alpha value is -3.13. The lowest BCUT2D eigenvalue weighted by Crippen LogP contribution is -2.44. The molecule has 1 saturated heterocycles. The second-order valence-electron chi connectivity index (χ2n) is 8.75. The van der Waals surface area contributed by atoms with E-state index in [1.807, 2.05) is 4.57 Å². The molecule has 8 heteroatoms. The summed E-state index contributed by atoms with van der Waals surface area (Å²) < 4.78 is 35.8. The fourth-order valence-corrected chi connectivity index (χ4v) is 4.85. The maximum Gasteiger partial charge on any atom is 0.235 e. The zero-order chi connectivity index (χ0) is 22.8. The quantitative estimate of drug-likeness (QED) is 0.626. The van der Waals surface area contributed by atoms with E-state index in [0.29, 0.717) is 43.1 Å². The molecule has 0 unspecified atom stereocenters. The van der Waals surface area contributed by atoms with Crippen LogP contribution in [0.15, 0.2) is 42.5 Å². The molecule has 172 valence electrons. The van der Waals surface area contributed by atoms with Gasteiger partial charge in [-0.1, -0.05) is 18.6 Å². The van der Waals surface area contributed by atoms with Gasteiger partial charge in [-0.05, 0) is 61.6 Å². The van der Waals surface area contributed by atoms with Gasteiger partial charge in [0, 0.05) is 31.9 Å². The maximum absolute atomic E-state index is 14.8. The highest BCUT2D eigenvalue weighted by atomic mass is 19.1. The highest BCUT2D eigenvalue weighted by Crippen LogP contribution is 2.37. The molecule has 0 aliphatic carbocycles. The average Bonchev–Trinajstić information content (AvgIpc) is 3.08. The molecule has 3 heterocycles. The molecule has 1 N–H and O–H groups in total. The first kappa shape index (κ1) is 21.7. The molecule has 0 spiro atoms. The lowest BCUT2D eigenvalue weighted by molar-refractivity contribution is -0.125. The first-order valence-corrected chi connectivity index (χ1v) is 11.4. The van der Waals surface area contributed by atoms with Crippen LogP contribution in [0.2, 0.25) is 0 Å². The van der Waals surface area contributed by atoms with Crippen LogP contribution in [0.1, 0.15) is 43.5 Å². The molecule has 0 saturated carbocycles. The molecule has 0 atom stereocenters. The van der Waals surface area contributed by atoms with Gasteiger partial charge in [0.1, 0.15) is 17.5 Å². The van der Waals surface area contributed by atoms with E-state index in [1.54, 1.807) is 24.3 Å². The number of benzene rings is 2. The van der Waals surface area contributed by atoms with Crippen LogP contribution in [0.5, 0.6) is 0 Å². The first-order chi connectivity index (χ1) is 16.1. The first-order valence-electron chi connectivity index (χ1n) is 11.4. The SMILES string of the molecule is O=C(Nc1ccc(F)c(-c2nnc3n2CCCCC3)c1)C1(c2ccc(F)cc2)CCOCC1. The van der Waals surface area contributed by atoms with Crippen LogP contribution in [-0.2, 0) is 27.9 Å². The van der Waals surface area contributed by atoms with Gasteiger partial charge in [-0.15, -0.1) is 10.2 Å². The Labute approximate surface area is 191 Å². The third kappa shape index (κ3) is 4.15. The Kier molecular flexibility index (Phi) is 5.93. The minimum absolute atomic E-state index is 0.213. The Morgan fingerprint density at radius 1 is 1.00 bits per heavy atom. The molecule has 0 bridgehead atoms. The highest BCUT2D eigenvalue weighted by molar-refractivity contribution is 5.99. The van der Waals surface area contributed by atoms with E-state index in [4.69, 9.17) is 4.74 Å². The number of nitrogens with one attached hydrogen (secondary N) is 1. The van der Waals surface area contributed by atoms with Crippen LogP contribution in [0.25, 0.3) is 11.4 Å². The lowest BCUT2D eigenvalue weighted by Gasteiger charge is -2.36. The van der Waals surface area contributed by atoms with Crippen molar-refractivity contribution in [1.82, 2.24) is 14.8 Å². The number of aryl methyl sites for hydroxylation is 1. The van der Waals surface area contributed by atoms with Gasteiger partial charge < -0.3 is 14.6 Å². The van der Waals surface area contributed by atoms with Crippen LogP contribution < -0.4 is 5.32 Å². The van der Waals surface area contributed by atoms with Crippen molar-refractivity contribution >= 4 is 11.6 Å². The van der Waals surface area contributed by atoms with E-state index < -0.39 is 11.2 Å². The molecule has 1 aromatic heterocycles. The van der Waals surface area contributed by atoms with Crippen molar-refractivity contribution < 1.29 is 18.3 Å². The topological polar surface area (TPSA) is 69.0 Å². The van der Waals surface area contributed by atoms with Crippen molar-refractivity contribution in [3.8, 4) is 11.4 Å². The number of aromatic nitrogens is 3. The van der Waals surface area contributed by atoms with Gasteiger partial charge in [0.05, 0.1) is 11.0 Å². The summed E-state index contributed by atoms with van der Waals surface area (Å²) in [5.41, 5.74) is 0.702. The standard InChI is InChI=1S/C25H26F2N4O2/c26-18-7-5-17(6-8-18)25(11-14-33-15-12-25)24(32)28-19-9-10-21(27)20(16-19)23-30-29-22-4-2-1-3-13-31(22)23/h5-10,16H,1-4,11-15H2,(H,28,32). The molecular weight excluding hydrogens is 426 g/mol. The van der Waals surface area contributed by atoms with Crippen LogP contribution in [-0.4, -0.2) is 33.9 Å². The number of carbonyl (C=O) groups is 1. The zero-order valence-electron chi connectivity index (χ0n) is 18.3. The van der Waals surface area contributed by atoms with Gasteiger partial charge in [0.15, 0.2) is 5.82 Å². The summed E-state index contributed by atoms with van der Waals surface area (Å²) in [5, 5.41) is 11.5. The van der Waals surface area contributed by atoms with Crippen LogP contribution in [0.3, 0.4) is 0 Å². The molecular formula is C25H26F2N4O2. The Morgan fingerprint density at radius 3 is 2.58 bits per heavy atom. The van der Waals surface area contributed by atoms with Gasteiger partial charge in [-0.25, -0.2) is 8.78 Å². The van der Waals surface area contributed by atoms with E-state index in [9.17, 15) is 13.6 Å². The minimum atomic E-state index is -0.841. The summed E-state index contributed by atoms with van der Waals surface area (Å²) >= 11 is 0.